The standard InChI is InChI=1S/C15H20N4O2S/c1-9(2)19-13(17-18-15(19)22)7-8-16-14(21)11-5-4-6-12(20)10(11)3/h4-6,9,20H,7-8H2,1-3H3,(H,16,21)(H,18,22). The predicted octanol–water partition coefficient (Wildman–Crippen LogP) is 2.51. The number of H-pyrrole nitrogens is 1. The first kappa shape index (κ1) is 16.2. The van der Waals surface area contributed by atoms with Gasteiger partial charge in [-0.1, -0.05) is 6.07 Å². The Morgan fingerprint density at radius 3 is 2.91 bits per heavy atom. The summed E-state index contributed by atoms with van der Waals surface area (Å²) in [5, 5.41) is 19.5. The average Bonchev–Trinajstić information content (AvgIpc) is 2.83. The smallest absolute Gasteiger partial charge is 0.251 e. The van der Waals surface area contributed by atoms with Gasteiger partial charge in [0.15, 0.2) is 4.77 Å². The Labute approximate surface area is 134 Å². The fraction of sp³-hybridized carbons (Fsp3) is 0.400. The second-order valence-electron chi connectivity index (χ2n) is 5.36. The van der Waals surface area contributed by atoms with Gasteiger partial charge in [-0.15, -0.1) is 0 Å². The summed E-state index contributed by atoms with van der Waals surface area (Å²) in [6.07, 6.45) is 0.578. The molecular formula is C15H20N4O2S. The molecule has 1 heterocycles. The molecule has 0 atom stereocenters. The molecule has 2 rings (SSSR count). The zero-order chi connectivity index (χ0) is 16.3. The van der Waals surface area contributed by atoms with Crippen LogP contribution in [0.25, 0.3) is 0 Å². The first-order valence-electron chi connectivity index (χ1n) is 7.14. The molecule has 6 nitrogen and oxygen atoms in total. The van der Waals surface area contributed by atoms with Gasteiger partial charge in [0.2, 0.25) is 0 Å². The average molecular weight is 320 g/mol. The van der Waals surface area contributed by atoms with Gasteiger partial charge >= 0.3 is 0 Å². The van der Waals surface area contributed by atoms with Crippen molar-refractivity contribution in [1.29, 1.82) is 0 Å². The van der Waals surface area contributed by atoms with Crippen LogP contribution < -0.4 is 5.32 Å². The van der Waals surface area contributed by atoms with E-state index in [1.807, 2.05) is 18.4 Å². The number of aromatic amines is 1. The molecule has 0 radical (unpaired) electrons. The van der Waals surface area contributed by atoms with Crippen LogP contribution in [0.2, 0.25) is 0 Å². The second-order valence-corrected chi connectivity index (χ2v) is 5.75. The van der Waals surface area contributed by atoms with Crippen LogP contribution in [-0.4, -0.2) is 32.3 Å². The quantitative estimate of drug-likeness (QED) is 0.739. The number of rotatable bonds is 5. The number of phenols is 1. The lowest BCUT2D eigenvalue weighted by molar-refractivity contribution is 0.0953. The first-order valence-corrected chi connectivity index (χ1v) is 7.55. The lowest BCUT2D eigenvalue weighted by Gasteiger charge is -2.11. The molecule has 118 valence electrons. The van der Waals surface area contributed by atoms with E-state index in [0.717, 1.165) is 5.82 Å². The van der Waals surface area contributed by atoms with Crippen molar-refractivity contribution in [3.8, 4) is 5.75 Å². The zero-order valence-electron chi connectivity index (χ0n) is 12.9. The molecule has 0 saturated carbocycles. The van der Waals surface area contributed by atoms with Gasteiger partial charge in [0.05, 0.1) is 0 Å². The van der Waals surface area contributed by atoms with Crippen molar-refractivity contribution in [1.82, 2.24) is 20.1 Å². The van der Waals surface area contributed by atoms with Crippen LogP contribution >= 0.6 is 12.2 Å². The van der Waals surface area contributed by atoms with E-state index in [4.69, 9.17) is 12.2 Å². The van der Waals surface area contributed by atoms with E-state index in [2.05, 4.69) is 15.5 Å². The van der Waals surface area contributed by atoms with Crippen LogP contribution in [0.1, 0.15) is 41.6 Å². The van der Waals surface area contributed by atoms with Crippen molar-refractivity contribution in [2.24, 2.45) is 0 Å². The fourth-order valence-electron chi connectivity index (χ4n) is 2.30. The number of aromatic nitrogens is 3. The Bertz CT molecular complexity index is 733. The van der Waals surface area contributed by atoms with Crippen LogP contribution in [0.15, 0.2) is 18.2 Å². The highest BCUT2D eigenvalue weighted by atomic mass is 32.1. The summed E-state index contributed by atoms with van der Waals surface area (Å²) in [6, 6.07) is 5.12. The molecule has 3 N–H and O–H groups in total. The maximum atomic E-state index is 12.2. The van der Waals surface area contributed by atoms with Crippen LogP contribution in [0.4, 0.5) is 0 Å². The summed E-state index contributed by atoms with van der Waals surface area (Å²) in [5.41, 5.74) is 1.05. The minimum absolute atomic E-state index is 0.119. The molecule has 1 aromatic heterocycles. The van der Waals surface area contributed by atoms with E-state index in [1.54, 1.807) is 25.1 Å². The molecule has 1 aromatic carbocycles. The van der Waals surface area contributed by atoms with Gasteiger partial charge in [0.25, 0.3) is 5.91 Å². The summed E-state index contributed by atoms with van der Waals surface area (Å²) in [4.78, 5) is 12.2. The monoisotopic (exact) mass is 320 g/mol. The Balaban J connectivity index is 2.01. The number of nitrogens with one attached hydrogen (secondary N) is 2. The summed E-state index contributed by atoms with van der Waals surface area (Å²) in [5.74, 6) is 0.722. The maximum Gasteiger partial charge on any atom is 0.251 e. The molecule has 2 aromatic rings. The SMILES string of the molecule is Cc1c(O)cccc1C(=O)NCCc1n[nH]c(=S)n1C(C)C. The van der Waals surface area contributed by atoms with Crippen molar-refractivity contribution in [3.63, 3.8) is 0 Å². The molecule has 0 aliphatic rings. The van der Waals surface area contributed by atoms with Crippen LogP contribution in [0.5, 0.6) is 5.75 Å². The third kappa shape index (κ3) is 3.36. The zero-order valence-corrected chi connectivity index (χ0v) is 13.7. The highest BCUT2D eigenvalue weighted by molar-refractivity contribution is 7.71. The second kappa shape index (κ2) is 6.74. The van der Waals surface area contributed by atoms with Crippen molar-refractivity contribution in [2.75, 3.05) is 6.54 Å². The Kier molecular flexibility index (Phi) is 4.97. The van der Waals surface area contributed by atoms with Gasteiger partial charge in [-0.05, 0) is 45.1 Å². The molecule has 0 unspecified atom stereocenters. The van der Waals surface area contributed by atoms with Crippen molar-refractivity contribution < 1.29 is 9.90 Å². The van der Waals surface area contributed by atoms with E-state index in [0.29, 0.717) is 28.9 Å². The van der Waals surface area contributed by atoms with Gasteiger partial charge < -0.3 is 15.0 Å². The summed E-state index contributed by atoms with van der Waals surface area (Å²) < 4.78 is 2.52. The highest BCUT2D eigenvalue weighted by Crippen LogP contribution is 2.19. The maximum absolute atomic E-state index is 12.2. The number of hydrogen-bond donors (Lipinski definition) is 3. The topological polar surface area (TPSA) is 82.9 Å². The van der Waals surface area contributed by atoms with Gasteiger partial charge in [0.1, 0.15) is 11.6 Å². The minimum atomic E-state index is -0.210. The molecule has 22 heavy (non-hydrogen) atoms. The van der Waals surface area contributed by atoms with E-state index in [9.17, 15) is 9.90 Å². The van der Waals surface area contributed by atoms with Crippen molar-refractivity contribution >= 4 is 18.1 Å². The molecule has 7 heteroatoms. The van der Waals surface area contributed by atoms with Gasteiger partial charge in [-0.25, -0.2) is 0 Å². The predicted molar refractivity (Wildman–Crippen MR) is 86.7 cm³/mol. The highest BCUT2D eigenvalue weighted by Gasteiger charge is 2.12. The van der Waals surface area contributed by atoms with E-state index in [-0.39, 0.29) is 17.7 Å². The summed E-state index contributed by atoms with van der Waals surface area (Å²) in [6.45, 7) is 6.22. The van der Waals surface area contributed by atoms with E-state index < -0.39 is 0 Å². The molecule has 0 bridgehead atoms. The van der Waals surface area contributed by atoms with Crippen molar-refractivity contribution in [3.05, 3.63) is 39.9 Å². The Hall–Kier alpha value is -2.15. The van der Waals surface area contributed by atoms with Crippen molar-refractivity contribution in [2.45, 2.75) is 33.2 Å². The third-order valence-electron chi connectivity index (χ3n) is 3.48. The van der Waals surface area contributed by atoms with Crippen LogP contribution in [0, 0.1) is 11.7 Å². The first-order chi connectivity index (χ1) is 10.4. The number of hydrogen-bond acceptors (Lipinski definition) is 4. The molecule has 0 spiro atoms. The molecule has 0 saturated heterocycles. The lowest BCUT2D eigenvalue weighted by Crippen LogP contribution is -2.27. The number of aromatic hydroxyl groups is 1. The fourth-order valence-corrected chi connectivity index (χ4v) is 2.66. The number of carbonyl (C=O) groups excluding carboxylic acids is 1. The summed E-state index contributed by atoms with van der Waals surface area (Å²) >= 11 is 5.19. The lowest BCUT2D eigenvalue weighted by atomic mass is 10.1. The molecular weight excluding hydrogens is 300 g/mol. The largest absolute Gasteiger partial charge is 0.508 e. The Morgan fingerprint density at radius 2 is 2.23 bits per heavy atom. The van der Waals surface area contributed by atoms with E-state index >= 15 is 0 Å². The molecule has 0 aliphatic heterocycles. The van der Waals surface area contributed by atoms with Gasteiger partial charge in [-0.3, -0.25) is 9.89 Å². The van der Waals surface area contributed by atoms with Gasteiger partial charge in [0, 0.05) is 30.1 Å². The van der Waals surface area contributed by atoms with Crippen LogP contribution in [0.3, 0.4) is 0 Å². The minimum Gasteiger partial charge on any atom is -0.508 e. The summed E-state index contributed by atoms with van der Waals surface area (Å²) in [7, 11) is 0. The van der Waals surface area contributed by atoms with Gasteiger partial charge in [-0.2, -0.15) is 5.10 Å². The number of benzene rings is 1. The number of carbonyl (C=O) groups is 1. The van der Waals surface area contributed by atoms with E-state index in [1.165, 1.54) is 0 Å². The molecule has 0 fully saturated rings. The number of phenolic OH excluding ortho intramolecular Hbond substituents is 1. The third-order valence-corrected chi connectivity index (χ3v) is 3.77. The number of amides is 1. The van der Waals surface area contributed by atoms with Crippen LogP contribution in [-0.2, 0) is 6.42 Å². The Morgan fingerprint density at radius 1 is 1.50 bits per heavy atom. The number of nitrogens with zero attached hydrogens (tertiary/aromatic N) is 2. The molecule has 1 amide bonds. The molecule has 0 aliphatic carbocycles. The normalized spacial score (nSPS) is 10.9.